The van der Waals surface area contributed by atoms with Crippen LogP contribution in [0, 0.1) is 0 Å². The third-order valence-electron chi connectivity index (χ3n) is 2.19. The Morgan fingerprint density at radius 1 is 1.59 bits per heavy atom. The van der Waals surface area contributed by atoms with Gasteiger partial charge in [0, 0.05) is 18.1 Å². The zero-order chi connectivity index (χ0) is 12.3. The quantitative estimate of drug-likeness (QED) is 0.669. The molecule has 0 atom stereocenters. The van der Waals surface area contributed by atoms with E-state index in [1.807, 2.05) is 18.0 Å². The fourth-order valence-electron chi connectivity index (χ4n) is 1.41. The normalized spacial score (nSPS) is 10.3. The summed E-state index contributed by atoms with van der Waals surface area (Å²) < 4.78 is 0.843. The highest BCUT2D eigenvalue weighted by Crippen LogP contribution is 2.25. The van der Waals surface area contributed by atoms with Crippen LogP contribution in [0.4, 0.5) is 11.8 Å². The van der Waals surface area contributed by atoms with Gasteiger partial charge in [-0.3, -0.25) is 5.43 Å². The molecule has 7 heteroatoms. The van der Waals surface area contributed by atoms with Crippen LogP contribution in [0.1, 0.15) is 4.88 Å². The summed E-state index contributed by atoms with van der Waals surface area (Å²) in [5.41, 5.74) is 2.44. The van der Waals surface area contributed by atoms with Crippen LogP contribution in [0.2, 0.25) is 0 Å². The Labute approximate surface area is 112 Å². The standard InChI is InChI=1S/C10H12BrN5S/c1-16(6-7-3-2-4-17-7)9-8(11)5-13-10(14-9)15-12/h2-5H,6,12H2,1H3,(H,13,14,15). The first-order valence-electron chi connectivity index (χ1n) is 4.93. The first kappa shape index (κ1) is 12.3. The first-order chi connectivity index (χ1) is 8.20. The van der Waals surface area contributed by atoms with Gasteiger partial charge in [-0.1, -0.05) is 6.07 Å². The Bertz CT molecular complexity index is 487. The van der Waals surface area contributed by atoms with E-state index in [1.165, 1.54) is 4.88 Å². The molecule has 0 aliphatic rings. The van der Waals surface area contributed by atoms with Crippen LogP contribution in [-0.4, -0.2) is 17.0 Å². The van der Waals surface area contributed by atoms with Gasteiger partial charge in [0.05, 0.1) is 11.0 Å². The van der Waals surface area contributed by atoms with Crippen molar-refractivity contribution in [3.8, 4) is 0 Å². The Balaban J connectivity index is 2.20. The Morgan fingerprint density at radius 3 is 3.06 bits per heavy atom. The lowest BCUT2D eigenvalue weighted by Crippen LogP contribution is -2.19. The maximum Gasteiger partial charge on any atom is 0.239 e. The summed E-state index contributed by atoms with van der Waals surface area (Å²) in [7, 11) is 1.98. The number of aromatic nitrogens is 2. The van der Waals surface area contributed by atoms with E-state index >= 15 is 0 Å². The van der Waals surface area contributed by atoms with Gasteiger partial charge in [0.1, 0.15) is 5.82 Å². The smallest absolute Gasteiger partial charge is 0.239 e. The van der Waals surface area contributed by atoms with Gasteiger partial charge in [-0.2, -0.15) is 4.98 Å². The second kappa shape index (κ2) is 5.44. The maximum atomic E-state index is 5.30. The number of anilines is 2. The van der Waals surface area contributed by atoms with E-state index < -0.39 is 0 Å². The van der Waals surface area contributed by atoms with Crippen LogP contribution in [0.15, 0.2) is 28.2 Å². The van der Waals surface area contributed by atoms with Crippen LogP contribution < -0.4 is 16.2 Å². The number of nitrogens with two attached hydrogens (primary N) is 1. The minimum Gasteiger partial charge on any atom is -0.353 e. The molecule has 0 aliphatic carbocycles. The lowest BCUT2D eigenvalue weighted by Gasteiger charge is -2.18. The topological polar surface area (TPSA) is 67.1 Å². The van der Waals surface area contributed by atoms with E-state index in [9.17, 15) is 0 Å². The Kier molecular flexibility index (Phi) is 3.93. The highest BCUT2D eigenvalue weighted by atomic mass is 79.9. The average Bonchev–Trinajstić information content (AvgIpc) is 2.82. The molecule has 0 bridgehead atoms. The summed E-state index contributed by atoms with van der Waals surface area (Å²) in [5, 5.41) is 2.06. The Hall–Kier alpha value is -1.18. The van der Waals surface area contributed by atoms with Crippen molar-refractivity contribution in [2.24, 2.45) is 5.84 Å². The molecule has 0 radical (unpaired) electrons. The van der Waals surface area contributed by atoms with Gasteiger partial charge >= 0.3 is 0 Å². The van der Waals surface area contributed by atoms with Crippen molar-refractivity contribution in [3.63, 3.8) is 0 Å². The predicted molar refractivity (Wildman–Crippen MR) is 74.0 cm³/mol. The molecular weight excluding hydrogens is 302 g/mol. The summed E-state index contributed by atoms with van der Waals surface area (Å²) in [4.78, 5) is 11.6. The van der Waals surface area contributed by atoms with Gasteiger partial charge in [0.2, 0.25) is 5.95 Å². The van der Waals surface area contributed by atoms with E-state index in [-0.39, 0.29) is 0 Å². The highest BCUT2D eigenvalue weighted by Gasteiger charge is 2.10. The number of rotatable bonds is 4. The fraction of sp³-hybridized carbons (Fsp3) is 0.200. The van der Waals surface area contributed by atoms with Gasteiger partial charge in [0.25, 0.3) is 0 Å². The molecule has 17 heavy (non-hydrogen) atoms. The van der Waals surface area contributed by atoms with E-state index in [0.717, 1.165) is 16.8 Å². The molecule has 2 aromatic rings. The average molecular weight is 314 g/mol. The Morgan fingerprint density at radius 2 is 2.41 bits per heavy atom. The van der Waals surface area contributed by atoms with E-state index in [4.69, 9.17) is 5.84 Å². The summed E-state index contributed by atoms with van der Waals surface area (Å²) in [6.45, 7) is 0.803. The number of hydrazine groups is 1. The third kappa shape index (κ3) is 2.93. The lowest BCUT2D eigenvalue weighted by atomic mass is 10.4. The zero-order valence-electron chi connectivity index (χ0n) is 9.22. The molecule has 0 fully saturated rings. The van der Waals surface area contributed by atoms with Crippen molar-refractivity contribution in [2.45, 2.75) is 6.54 Å². The number of nitrogens with one attached hydrogen (secondary N) is 1. The fourth-order valence-corrected chi connectivity index (χ4v) is 2.66. The minimum absolute atomic E-state index is 0.404. The maximum absolute atomic E-state index is 5.30. The molecule has 2 heterocycles. The van der Waals surface area contributed by atoms with Crippen molar-refractivity contribution in [2.75, 3.05) is 17.4 Å². The summed E-state index contributed by atoms with van der Waals surface area (Å²) in [6, 6.07) is 4.13. The van der Waals surface area contributed by atoms with Gasteiger partial charge in [-0.25, -0.2) is 10.8 Å². The molecule has 0 unspecified atom stereocenters. The first-order valence-corrected chi connectivity index (χ1v) is 6.60. The SMILES string of the molecule is CN(Cc1cccs1)c1nc(NN)ncc1Br. The van der Waals surface area contributed by atoms with Crippen molar-refractivity contribution in [3.05, 3.63) is 33.1 Å². The molecule has 90 valence electrons. The van der Waals surface area contributed by atoms with Crippen molar-refractivity contribution in [1.29, 1.82) is 0 Å². The predicted octanol–water partition coefficient (Wildman–Crippen LogP) is 2.22. The number of nitrogens with zero attached hydrogens (tertiary/aromatic N) is 3. The number of thiophene rings is 1. The molecule has 0 aromatic carbocycles. The lowest BCUT2D eigenvalue weighted by molar-refractivity contribution is 0.899. The minimum atomic E-state index is 0.404. The van der Waals surface area contributed by atoms with Gasteiger partial charge in [-0.05, 0) is 27.4 Å². The van der Waals surface area contributed by atoms with Crippen molar-refractivity contribution >= 4 is 39.0 Å². The highest BCUT2D eigenvalue weighted by molar-refractivity contribution is 9.10. The molecule has 0 amide bonds. The molecule has 0 saturated heterocycles. The second-order valence-electron chi connectivity index (χ2n) is 3.44. The third-order valence-corrected chi connectivity index (χ3v) is 3.61. The molecule has 5 nitrogen and oxygen atoms in total. The van der Waals surface area contributed by atoms with E-state index in [0.29, 0.717) is 5.95 Å². The van der Waals surface area contributed by atoms with Crippen molar-refractivity contribution < 1.29 is 0 Å². The van der Waals surface area contributed by atoms with Gasteiger partial charge < -0.3 is 4.90 Å². The zero-order valence-corrected chi connectivity index (χ0v) is 11.6. The van der Waals surface area contributed by atoms with Crippen LogP contribution in [0.5, 0.6) is 0 Å². The molecule has 0 saturated carbocycles. The summed E-state index contributed by atoms with van der Waals surface area (Å²) in [5.74, 6) is 6.51. The molecule has 3 N–H and O–H groups in total. The van der Waals surface area contributed by atoms with E-state index in [1.54, 1.807) is 17.5 Å². The van der Waals surface area contributed by atoms with Crippen LogP contribution >= 0.6 is 27.3 Å². The summed E-state index contributed by atoms with van der Waals surface area (Å²) in [6.07, 6.45) is 1.68. The largest absolute Gasteiger partial charge is 0.353 e. The molecule has 2 rings (SSSR count). The molecule has 0 spiro atoms. The number of hydrogen-bond acceptors (Lipinski definition) is 6. The number of halogens is 1. The van der Waals surface area contributed by atoms with Crippen LogP contribution in [0.3, 0.4) is 0 Å². The van der Waals surface area contributed by atoms with Gasteiger partial charge in [0.15, 0.2) is 0 Å². The number of hydrogen-bond donors (Lipinski definition) is 2. The van der Waals surface area contributed by atoms with Crippen LogP contribution in [0.25, 0.3) is 0 Å². The second-order valence-corrected chi connectivity index (χ2v) is 5.33. The van der Waals surface area contributed by atoms with Crippen molar-refractivity contribution in [1.82, 2.24) is 9.97 Å². The number of nitrogen functional groups attached to an aromatic ring is 1. The van der Waals surface area contributed by atoms with Gasteiger partial charge in [-0.15, -0.1) is 11.3 Å². The summed E-state index contributed by atoms with van der Waals surface area (Å²) >= 11 is 5.15. The monoisotopic (exact) mass is 313 g/mol. The molecule has 2 aromatic heterocycles. The molecular formula is C10H12BrN5S. The van der Waals surface area contributed by atoms with Crippen LogP contribution in [-0.2, 0) is 6.54 Å². The van der Waals surface area contributed by atoms with E-state index in [2.05, 4.69) is 42.8 Å². The molecule has 0 aliphatic heterocycles.